The molecule has 2 aliphatic heterocycles. The van der Waals surface area contributed by atoms with Gasteiger partial charge in [0.1, 0.15) is 0 Å². The minimum absolute atomic E-state index is 0.140. The summed E-state index contributed by atoms with van der Waals surface area (Å²) in [6, 6.07) is 10.9. The van der Waals surface area contributed by atoms with Gasteiger partial charge in [0.25, 0.3) is 17.6 Å². The van der Waals surface area contributed by atoms with E-state index in [2.05, 4.69) is 10.6 Å². The second-order valence-corrected chi connectivity index (χ2v) is 6.85. The molecule has 0 saturated carbocycles. The van der Waals surface area contributed by atoms with Gasteiger partial charge in [0.2, 0.25) is 0 Å². The number of fused-ring (bicyclic) bond motifs is 2. The van der Waals surface area contributed by atoms with Gasteiger partial charge in [-0.2, -0.15) is 0 Å². The Balaban J connectivity index is 1.89. The fourth-order valence-electron chi connectivity index (χ4n) is 4.40. The van der Waals surface area contributed by atoms with Crippen LogP contribution in [0.4, 0.5) is 11.4 Å². The third kappa shape index (κ3) is 2.32. The summed E-state index contributed by atoms with van der Waals surface area (Å²) in [4.78, 5) is 35.1. The highest BCUT2D eigenvalue weighted by Gasteiger charge is 2.67. The van der Waals surface area contributed by atoms with E-state index < -0.39 is 39.3 Å². The van der Waals surface area contributed by atoms with Crippen LogP contribution in [0.15, 0.2) is 48.5 Å². The van der Waals surface area contributed by atoms with Crippen molar-refractivity contribution in [2.45, 2.75) is 30.5 Å². The zero-order chi connectivity index (χ0) is 19.3. The number of anilines is 1. The predicted octanol–water partition coefficient (Wildman–Crippen LogP) is 2.16. The molecule has 27 heavy (non-hydrogen) atoms. The van der Waals surface area contributed by atoms with Crippen molar-refractivity contribution >= 4 is 17.3 Å². The van der Waals surface area contributed by atoms with E-state index in [1.165, 1.54) is 18.2 Å². The summed E-state index contributed by atoms with van der Waals surface area (Å²) in [5, 5.41) is 29.1. The molecule has 9 heteroatoms. The van der Waals surface area contributed by atoms with Crippen LogP contribution < -0.4 is 10.6 Å². The van der Waals surface area contributed by atoms with Gasteiger partial charge in [-0.05, 0) is 18.6 Å². The molecule has 1 spiro atoms. The first-order valence-electron chi connectivity index (χ1n) is 8.42. The molecule has 4 rings (SSSR count). The lowest BCUT2D eigenvalue weighted by Crippen LogP contribution is -2.54. The van der Waals surface area contributed by atoms with E-state index in [0.29, 0.717) is 16.8 Å². The second kappa shape index (κ2) is 5.85. The Hall–Kier alpha value is -3.33. The van der Waals surface area contributed by atoms with Gasteiger partial charge in [0, 0.05) is 34.3 Å². The molecule has 1 amide bonds. The van der Waals surface area contributed by atoms with Crippen molar-refractivity contribution in [3.8, 4) is 0 Å². The van der Waals surface area contributed by atoms with E-state index in [4.69, 9.17) is 0 Å². The molecule has 0 radical (unpaired) electrons. The van der Waals surface area contributed by atoms with Gasteiger partial charge in [0.15, 0.2) is 5.54 Å². The topological polar surface area (TPSA) is 127 Å². The van der Waals surface area contributed by atoms with Crippen molar-refractivity contribution in [3.63, 3.8) is 0 Å². The number of benzene rings is 2. The predicted molar refractivity (Wildman–Crippen MR) is 96.0 cm³/mol. The molecule has 2 aromatic rings. The largest absolute Gasteiger partial charge is 0.324 e. The number of nitro benzene ring substituents is 1. The zero-order valence-corrected chi connectivity index (χ0v) is 14.3. The van der Waals surface area contributed by atoms with Crippen LogP contribution in [0.2, 0.25) is 0 Å². The Morgan fingerprint density at radius 3 is 2.52 bits per heavy atom. The Morgan fingerprint density at radius 1 is 1.07 bits per heavy atom. The van der Waals surface area contributed by atoms with Gasteiger partial charge >= 0.3 is 0 Å². The van der Waals surface area contributed by atoms with E-state index in [0.717, 1.165) is 0 Å². The summed E-state index contributed by atoms with van der Waals surface area (Å²) in [5.74, 6) is -1.19. The molecule has 2 aromatic carbocycles. The fourth-order valence-corrected chi connectivity index (χ4v) is 4.40. The molecule has 1 fully saturated rings. The smallest absolute Gasteiger partial charge is 0.269 e. The van der Waals surface area contributed by atoms with Crippen LogP contribution in [0.1, 0.15) is 24.0 Å². The average Bonchev–Trinajstić information content (AvgIpc) is 3.10. The number of hydrogen-bond donors (Lipinski definition) is 2. The molecule has 1 saturated heterocycles. The van der Waals surface area contributed by atoms with Gasteiger partial charge in [-0.3, -0.25) is 30.3 Å². The molecular formula is C18H16N4O5. The van der Waals surface area contributed by atoms with Gasteiger partial charge in [0.05, 0.1) is 10.8 Å². The van der Waals surface area contributed by atoms with Crippen LogP contribution >= 0.6 is 0 Å². The number of nitrogens with one attached hydrogen (secondary N) is 2. The van der Waals surface area contributed by atoms with E-state index in [1.807, 2.05) is 0 Å². The van der Waals surface area contributed by atoms with Crippen molar-refractivity contribution in [2.75, 3.05) is 5.32 Å². The lowest BCUT2D eigenvalue weighted by Gasteiger charge is -2.25. The summed E-state index contributed by atoms with van der Waals surface area (Å²) in [5.41, 5.74) is -0.140. The van der Waals surface area contributed by atoms with Crippen molar-refractivity contribution in [1.29, 1.82) is 0 Å². The number of non-ortho nitro benzene ring substituents is 1. The molecule has 4 atom stereocenters. The maximum absolute atomic E-state index is 12.9. The summed E-state index contributed by atoms with van der Waals surface area (Å²) in [6.07, 6.45) is 0. The zero-order valence-electron chi connectivity index (χ0n) is 14.3. The average molecular weight is 368 g/mol. The summed E-state index contributed by atoms with van der Waals surface area (Å²) in [6.45, 7) is 1.75. The standard InChI is InChI=1S/C18H16N4O5/c1-10-15(11-5-4-6-12(9-11)21(24)25)16(22(26)27)18(20-10)13-7-2-3-8-14(13)19-17(18)23/h2-10,15-16,20H,1H3,(H,19,23)/t10-,15+,16+,18-/m0/s1. The Kier molecular flexibility index (Phi) is 3.70. The van der Waals surface area contributed by atoms with Crippen molar-refractivity contribution < 1.29 is 14.6 Å². The van der Waals surface area contributed by atoms with Crippen LogP contribution in [0.5, 0.6) is 0 Å². The van der Waals surface area contributed by atoms with Crippen molar-refractivity contribution in [3.05, 3.63) is 79.9 Å². The van der Waals surface area contributed by atoms with Gasteiger partial charge in [-0.25, -0.2) is 0 Å². The summed E-state index contributed by atoms with van der Waals surface area (Å²) < 4.78 is 0. The maximum atomic E-state index is 12.9. The highest BCUT2D eigenvalue weighted by molar-refractivity contribution is 6.07. The number of nitrogens with zero attached hydrogens (tertiary/aromatic N) is 2. The molecular weight excluding hydrogens is 352 g/mol. The first kappa shape index (κ1) is 17.1. The minimum atomic E-state index is -1.52. The number of carbonyl (C=O) groups is 1. The lowest BCUT2D eigenvalue weighted by atomic mass is 9.78. The number of hydrogen-bond acceptors (Lipinski definition) is 6. The monoisotopic (exact) mass is 368 g/mol. The van der Waals surface area contributed by atoms with Crippen LogP contribution in [0.25, 0.3) is 0 Å². The second-order valence-electron chi connectivity index (χ2n) is 6.85. The van der Waals surface area contributed by atoms with Crippen LogP contribution in [-0.2, 0) is 10.3 Å². The van der Waals surface area contributed by atoms with Crippen LogP contribution in [-0.4, -0.2) is 27.8 Å². The molecule has 2 N–H and O–H groups in total. The number of amides is 1. The first-order chi connectivity index (χ1) is 12.9. The fraction of sp³-hybridized carbons (Fsp3) is 0.278. The summed E-state index contributed by atoms with van der Waals surface area (Å²) >= 11 is 0. The molecule has 2 aliphatic rings. The normalized spacial score (nSPS) is 28.8. The number of carbonyl (C=O) groups excluding carboxylic acids is 1. The number of nitro groups is 2. The van der Waals surface area contributed by atoms with Gasteiger partial charge in [-0.1, -0.05) is 30.3 Å². The van der Waals surface area contributed by atoms with Gasteiger partial charge in [-0.15, -0.1) is 0 Å². The number of para-hydroxylation sites is 1. The quantitative estimate of drug-likeness (QED) is 0.631. The molecule has 2 heterocycles. The molecule has 0 bridgehead atoms. The third-order valence-corrected chi connectivity index (χ3v) is 5.43. The molecule has 9 nitrogen and oxygen atoms in total. The minimum Gasteiger partial charge on any atom is -0.324 e. The van der Waals surface area contributed by atoms with E-state index >= 15 is 0 Å². The third-order valence-electron chi connectivity index (χ3n) is 5.43. The molecule has 138 valence electrons. The highest BCUT2D eigenvalue weighted by Crippen LogP contribution is 2.49. The van der Waals surface area contributed by atoms with Crippen molar-refractivity contribution in [1.82, 2.24) is 5.32 Å². The SMILES string of the molecule is C[C@@H]1N[C@]2(C(=O)Nc3ccccc32)[C@H]([N+](=O)[O-])[C@H]1c1cccc([N+](=O)[O-])c1. The Morgan fingerprint density at radius 2 is 1.81 bits per heavy atom. The van der Waals surface area contributed by atoms with Gasteiger partial charge < -0.3 is 5.32 Å². The molecule has 0 aromatic heterocycles. The Labute approximate surface area is 153 Å². The van der Waals surface area contributed by atoms with E-state index in [-0.39, 0.29) is 5.69 Å². The first-order valence-corrected chi connectivity index (χ1v) is 8.42. The lowest BCUT2D eigenvalue weighted by molar-refractivity contribution is -0.532. The van der Waals surface area contributed by atoms with Crippen LogP contribution in [0, 0.1) is 20.2 Å². The van der Waals surface area contributed by atoms with E-state index in [9.17, 15) is 25.0 Å². The number of rotatable bonds is 3. The van der Waals surface area contributed by atoms with E-state index in [1.54, 1.807) is 37.3 Å². The molecule has 0 aliphatic carbocycles. The summed E-state index contributed by atoms with van der Waals surface area (Å²) in [7, 11) is 0. The molecule has 0 unspecified atom stereocenters. The highest BCUT2D eigenvalue weighted by atomic mass is 16.6. The van der Waals surface area contributed by atoms with Crippen LogP contribution in [0.3, 0.4) is 0 Å². The maximum Gasteiger partial charge on any atom is 0.269 e. The Bertz CT molecular complexity index is 978. The van der Waals surface area contributed by atoms with Crippen molar-refractivity contribution in [2.24, 2.45) is 0 Å².